The minimum atomic E-state index is -0.557. The monoisotopic (exact) mass is 385 g/mol. The predicted molar refractivity (Wildman–Crippen MR) is 97.4 cm³/mol. The summed E-state index contributed by atoms with van der Waals surface area (Å²) in [4.78, 5) is 24.5. The van der Waals surface area contributed by atoms with Crippen LogP contribution in [0.4, 0.5) is 0 Å². The quantitative estimate of drug-likeness (QED) is 0.654. The predicted octanol–water partition coefficient (Wildman–Crippen LogP) is 2.35. The standard InChI is InChI=1S/C18H16ClN5O3/c1-27-17(25)10-16(12-5-7-14(19)8-6-12)21-18(26)13-3-2-4-15(9-13)24-11-20-22-23-24/h2-9,11,16H,10H2,1H3,(H,21,26). The summed E-state index contributed by atoms with van der Waals surface area (Å²) in [7, 11) is 1.30. The van der Waals surface area contributed by atoms with Gasteiger partial charge in [0.25, 0.3) is 5.91 Å². The Morgan fingerprint density at radius 3 is 2.67 bits per heavy atom. The largest absolute Gasteiger partial charge is 0.469 e. The molecule has 1 unspecified atom stereocenters. The average molecular weight is 386 g/mol. The van der Waals surface area contributed by atoms with Gasteiger partial charge in [0.15, 0.2) is 0 Å². The van der Waals surface area contributed by atoms with E-state index in [9.17, 15) is 9.59 Å². The van der Waals surface area contributed by atoms with Crippen LogP contribution < -0.4 is 5.32 Å². The Balaban J connectivity index is 1.82. The van der Waals surface area contributed by atoms with E-state index < -0.39 is 12.0 Å². The average Bonchev–Trinajstić information content (AvgIpc) is 3.23. The highest BCUT2D eigenvalue weighted by Crippen LogP contribution is 2.21. The van der Waals surface area contributed by atoms with Crippen molar-refractivity contribution in [1.29, 1.82) is 0 Å². The van der Waals surface area contributed by atoms with Gasteiger partial charge in [0.05, 0.1) is 25.3 Å². The summed E-state index contributed by atoms with van der Waals surface area (Å²) in [6, 6.07) is 13.2. The van der Waals surface area contributed by atoms with Gasteiger partial charge in [-0.15, -0.1) is 5.10 Å². The fourth-order valence-electron chi connectivity index (χ4n) is 2.51. The van der Waals surface area contributed by atoms with Crippen LogP contribution in [0.2, 0.25) is 5.02 Å². The van der Waals surface area contributed by atoms with Crippen LogP contribution in [-0.2, 0) is 9.53 Å². The van der Waals surface area contributed by atoms with Gasteiger partial charge in [-0.25, -0.2) is 4.68 Å². The summed E-state index contributed by atoms with van der Waals surface area (Å²) in [5, 5.41) is 14.4. The first-order chi connectivity index (χ1) is 13.1. The maximum Gasteiger partial charge on any atom is 0.307 e. The first-order valence-electron chi connectivity index (χ1n) is 8.03. The molecule has 3 aromatic rings. The number of nitrogens with one attached hydrogen (secondary N) is 1. The molecule has 0 saturated heterocycles. The number of hydrogen-bond acceptors (Lipinski definition) is 6. The van der Waals surface area contributed by atoms with Gasteiger partial charge in [-0.3, -0.25) is 9.59 Å². The van der Waals surface area contributed by atoms with Gasteiger partial charge in [0.1, 0.15) is 6.33 Å². The summed E-state index contributed by atoms with van der Waals surface area (Å²) in [5.41, 5.74) is 1.80. The molecule has 0 radical (unpaired) electrons. The van der Waals surface area contributed by atoms with Crippen molar-refractivity contribution in [2.75, 3.05) is 7.11 Å². The van der Waals surface area contributed by atoms with Crippen LogP contribution in [0.25, 0.3) is 5.69 Å². The number of aromatic nitrogens is 4. The van der Waals surface area contributed by atoms with E-state index in [0.29, 0.717) is 16.3 Å². The smallest absolute Gasteiger partial charge is 0.307 e. The van der Waals surface area contributed by atoms with Crippen molar-refractivity contribution in [2.45, 2.75) is 12.5 Å². The van der Waals surface area contributed by atoms with E-state index in [1.165, 1.54) is 18.1 Å². The van der Waals surface area contributed by atoms with Gasteiger partial charge < -0.3 is 10.1 Å². The Bertz CT molecular complexity index is 928. The highest BCUT2D eigenvalue weighted by atomic mass is 35.5. The molecule has 0 aliphatic heterocycles. The van der Waals surface area contributed by atoms with Crippen LogP contribution in [0.15, 0.2) is 54.9 Å². The minimum absolute atomic E-state index is 0.00341. The fourth-order valence-corrected chi connectivity index (χ4v) is 2.63. The van der Waals surface area contributed by atoms with Crippen LogP contribution in [-0.4, -0.2) is 39.2 Å². The van der Waals surface area contributed by atoms with Crippen LogP contribution in [0, 0.1) is 0 Å². The van der Waals surface area contributed by atoms with Crippen molar-refractivity contribution in [3.63, 3.8) is 0 Å². The summed E-state index contributed by atoms with van der Waals surface area (Å²) in [5.74, 6) is -0.772. The molecule has 1 atom stereocenters. The van der Waals surface area contributed by atoms with Crippen molar-refractivity contribution in [3.8, 4) is 5.69 Å². The summed E-state index contributed by atoms with van der Waals surface area (Å²) in [6.45, 7) is 0. The zero-order valence-corrected chi connectivity index (χ0v) is 15.1. The molecule has 1 heterocycles. The van der Waals surface area contributed by atoms with Crippen LogP contribution >= 0.6 is 11.6 Å². The van der Waals surface area contributed by atoms with Crippen molar-refractivity contribution in [2.24, 2.45) is 0 Å². The molecule has 27 heavy (non-hydrogen) atoms. The molecular weight excluding hydrogens is 370 g/mol. The van der Waals surface area contributed by atoms with E-state index in [4.69, 9.17) is 16.3 Å². The van der Waals surface area contributed by atoms with Crippen molar-refractivity contribution < 1.29 is 14.3 Å². The van der Waals surface area contributed by atoms with Gasteiger partial charge in [-0.2, -0.15) is 0 Å². The maximum atomic E-state index is 12.7. The topological polar surface area (TPSA) is 99.0 Å². The molecule has 8 nitrogen and oxygen atoms in total. The van der Waals surface area contributed by atoms with Crippen LogP contribution in [0.1, 0.15) is 28.4 Å². The number of methoxy groups -OCH3 is 1. The molecule has 0 spiro atoms. The van der Waals surface area contributed by atoms with E-state index in [2.05, 4.69) is 20.8 Å². The summed E-state index contributed by atoms with van der Waals surface area (Å²) in [6.07, 6.45) is 1.43. The number of carbonyl (C=O) groups is 2. The molecule has 1 aromatic heterocycles. The first kappa shape index (κ1) is 18.5. The van der Waals surface area contributed by atoms with Crippen molar-refractivity contribution in [1.82, 2.24) is 25.5 Å². The van der Waals surface area contributed by atoms with Gasteiger partial charge in [-0.05, 0) is 46.3 Å². The minimum Gasteiger partial charge on any atom is -0.469 e. The Morgan fingerprint density at radius 2 is 2.00 bits per heavy atom. The number of tetrazole rings is 1. The molecule has 2 aromatic carbocycles. The number of amides is 1. The third-order valence-electron chi connectivity index (χ3n) is 3.90. The van der Waals surface area contributed by atoms with Crippen LogP contribution in [0.5, 0.6) is 0 Å². The van der Waals surface area contributed by atoms with E-state index in [1.54, 1.807) is 48.5 Å². The molecule has 0 aliphatic rings. The molecule has 0 saturated carbocycles. The van der Waals surface area contributed by atoms with E-state index >= 15 is 0 Å². The van der Waals surface area contributed by atoms with E-state index in [0.717, 1.165) is 5.56 Å². The molecule has 1 N–H and O–H groups in total. The Labute approximate surface area is 160 Å². The summed E-state index contributed by atoms with van der Waals surface area (Å²) >= 11 is 5.92. The number of rotatable bonds is 6. The number of esters is 1. The number of halogens is 1. The second-order valence-electron chi connectivity index (χ2n) is 5.66. The van der Waals surface area contributed by atoms with Gasteiger partial charge >= 0.3 is 5.97 Å². The second kappa shape index (κ2) is 8.41. The zero-order valence-electron chi connectivity index (χ0n) is 14.4. The zero-order chi connectivity index (χ0) is 19.2. The third kappa shape index (κ3) is 4.68. The van der Waals surface area contributed by atoms with E-state index in [1.807, 2.05) is 0 Å². The Kier molecular flexibility index (Phi) is 5.77. The molecule has 1 amide bonds. The Hall–Kier alpha value is -3.26. The molecule has 138 valence electrons. The van der Waals surface area contributed by atoms with Gasteiger partial charge in [0, 0.05) is 10.6 Å². The normalized spacial score (nSPS) is 11.6. The number of carbonyl (C=O) groups excluding carboxylic acids is 2. The van der Waals surface area contributed by atoms with Gasteiger partial charge in [0.2, 0.25) is 0 Å². The van der Waals surface area contributed by atoms with Crippen molar-refractivity contribution >= 4 is 23.5 Å². The molecule has 0 bridgehead atoms. The lowest BCUT2D eigenvalue weighted by atomic mass is 10.0. The lowest BCUT2D eigenvalue weighted by molar-refractivity contribution is -0.141. The molecule has 3 rings (SSSR count). The van der Waals surface area contributed by atoms with Crippen LogP contribution in [0.3, 0.4) is 0 Å². The molecule has 9 heteroatoms. The number of nitrogens with zero attached hydrogens (tertiary/aromatic N) is 4. The number of hydrogen-bond donors (Lipinski definition) is 1. The molecular formula is C18H16ClN5O3. The molecule has 0 fully saturated rings. The molecule has 0 aliphatic carbocycles. The number of ether oxygens (including phenoxy) is 1. The highest BCUT2D eigenvalue weighted by molar-refractivity contribution is 6.30. The maximum absolute atomic E-state index is 12.7. The lowest BCUT2D eigenvalue weighted by Gasteiger charge is -2.18. The fraction of sp³-hybridized carbons (Fsp3) is 0.167. The number of benzene rings is 2. The SMILES string of the molecule is COC(=O)CC(NC(=O)c1cccc(-n2cnnn2)c1)c1ccc(Cl)cc1. The third-order valence-corrected chi connectivity index (χ3v) is 4.15. The van der Waals surface area contributed by atoms with Gasteiger partial charge in [-0.1, -0.05) is 29.8 Å². The summed E-state index contributed by atoms with van der Waals surface area (Å²) < 4.78 is 6.19. The van der Waals surface area contributed by atoms with Crippen molar-refractivity contribution in [3.05, 3.63) is 71.0 Å². The second-order valence-corrected chi connectivity index (χ2v) is 6.10. The highest BCUT2D eigenvalue weighted by Gasteiger charge is 2.20. The Morgan fingerprint density at radius 1 is 1.22 bits per heavy atom. The first-order valence-corrected chi connectivity index (χ1v) is 8.41. The van der Waals surface area contributed by atoms with E-state index in [-0.39, 0.29) is 12.3 Å². The lowest BCUT2D eigenvalue weighted by Crippen LogP contribution is -2.30.